The number of ether oxygens (including phenoxy) is 2. The number of Topliss-reactive ketones (excluding diaryl/α,β-unsaturated/α-hetero) is 1. The highest BCUT2D eigenvalue weighted by Gasteiger charge is 2.30. The summed E-state index contributed by atoms with van der Waals surface area (Å²) in [5.74, 6) is 0.602. The van der Waals surface area contributed by atoms with E-state index in [-0.39, 0.29) is 19.0 Å². The van der Waals surface area contributed by atoms with Gasteiger partial charge in [-0.15, -0.1) is 11.3 Å². The summed E-state index contributed by atoms with van der Waals surface area (Å²) in [6, 6.07) is 12.4. The van der Waals surface area contributed by atoms with Crippen LogP contribution in [0.5, 0.6) is 5.75 Å². The fraction of sp³-hybridized carbons (Fsp3) is 0.333. The molecule has 0 bridgehead atoms. The molecule has 1 heterocycles. The second kappa shape index (κ2) is 9.42. The van der Waals surface area contributed by atoms with Gasteiger partial charge in [0, 0.05) is 5.56 Å². The number of ketones is 1. The van der Waals surface area contributed by atoms with E-state index >= 15 is 0 Å². The zero-order valence-corrected chi connectivity index (χ0v) is 19.1. The number of halogens is 3. The number of thiazole rings is 1. The van der Waals surface area contributed by atoms with Crippen molar-refractivity contribution in [3.05, 3.63) is 70.2 Å². The van der Waals surface area contributed by atoms with Gasteiger partial charge in [-0.1, -0.05) is 24.3 Å². The van der Waals surface area contributed by atoms with Gasteiger partial charge in [0.25, 0.3) is 0 Å². The van der Waals surface area contributed by atoms with E-state index in [1.165, 1.54) is 30.4 Å². The number of nitrogens with zero attached hydrogens (tertiary/aromatic N) is 1. The van der Waals surface area contributed by atoms with E-state index in [4.69, 9.17) is 9.47 Å². The van der Waals surface area contributed by atoms with E-state index in [1.54, 1.807) is 13.8 Å². The first-order valence-corrected chi connectivity index (χ1v) is 10.8. The van der Waals surface area contributed by atoms with Crippen LogP contribution >= 0.6 is 11.3 Å². The standard InChI is InChI=1S/C24H24F3NO3S/c1-15-21(32-22(28-15)18-8-10-19(11-9-18)24(25,26)27)14-30-20-7-5-6-17(12-20)13-31-23(3,4)16(2)29/h5-12H,13-14H2,1-4H3. The first-order chi connectivity index (χ1) is 15.0. The van der Waals surface area contributed by atoms with Gasteiger partial charge in [-0.25, -0.2) is 4.98 Å². The molecule has 32 heavy (non-hydrogen) atoms. The van der Waals surface area contributed by atoms with E-state index in [2.05, 4.69) is 4.98 Å². The topological polar surface area (TPSA) is 48.4 Å². The predicted octanol–water partition coefficient (Wildman–Crippen LogP) is 6.60. The summed E-state index contributed by atoms with van der Waals surface area (Å²) < 4.78 is 49.9. The van der Waals surface area contributed by atoms with E-state index in [1.807, 2.05) is 31.2 Å². The minimum absolute atomic E-state index is 0.0468. The van der Waals surface area contributed by atoms with E-state index in [9.17, 15) is 18.0 Å². The van der Waals surface area contributed by atoms with Crippen molar-refractivity contribution in [3.8, 4) is 16.3 Å². The highest BCUT2D eigenvalue weighted by molar-refractivity contribution is 7.15. The summed E-state index contributed by atoms with van der Waals surface area (Å²) in [6.45, 7) is 7.37. The maximum absolute atomic E-state index is 12.8. The fourth-order valence-corrected chi connectivity index (χ4v) is 3.71. The van der Waals surface area contributed by atoms with Crippen molar-refractivity contribution >= 4 is 17.1 Å². The van der Waals surface area contributed by atoms with Gasteiger partial charge < -0.3 is 9.47 Å². The van der Waals surface area contributed by atoms with Gasteiger partial charge in [-0.3, -0.25) is 4.79 Å². The zero-order chi connectivity index (χ0) is 23.5. The molecule has 2 aromatic carbocycles. The molecular formula is C24H24F3NO3S. The van der Waals surface area contributed by atoms with E-state index < -0.39 is 17.3 Å². The number of hydrogen-bond donors (Lipinski definition) is 0. The Kier molecular flexibility index (Phi) is 7.05. The van der Waals surface area contributed by atoms with Crippen LogP contribution in [0.2, 0.25) is 0 Å². The van der Waals surface area contributed by atoms with Crippen LogP contribution in [0, 0.1) is 6.92 Å². The Morgan fingerprint density at radius 3 is 2.38 bits per heavy atom. The maximum atomic E-state index is 12.8. The number of carbonyl (C=O) groups is 1. The Bertz CT molecular complexity index is 1090. The van der Waals surface area contributed by atoms with Gasteiger partial charge in [0.1, 0.15) is 23.0 Å². The van der Waals surface area contributed by atoms with Crippen molar-refractivity contribution in [2.45, 2.75) is 52.7 Å². The monoisotopic (exact) mass is 463 g/mol. The van der Waals surface area contributed by atoms with E-state index in [0.29, 0.717) is 16.3 Å². The third-order valence-corrected chi connectivity index (χ3v) is 6.25. The molecule has 8 heteroatoms. The Hall–Kier alpha value is -2.71. The number of benzene rings is 2. The lowest BCUT2D eigenvalue weighted by atomic mass is 10.1. The number of alkyl halides is 3. The lowest BCUT2D eigenvalue weighted by Gasteiger charge is -2.22. The van der Waals surface area contributed by atoms with E-state index in [0.717, 1.165) is 28.3 Å². The van der Waals surface area contributed by atoms with Crippen LogP contribution in [0.4, 0.5) is 13.2 Å². The summed E-state index contributed by atoms with van der Waals surface area (Å²) in [7, 11) is 0. The first-order valence-electron chi connectivity index (χ1n) is 9.96. The number of rotatable bonds is 8. The molecule has 1 aromatic heterocycles. The van der Waals surface area contributed by atoms with Crippen LogP contribution in [0.25, 0.3) is 10.6 Å². The fourth-order valence-electron chi connectivity index (χ4n) is 2.73. The van der Waals surface area contributed by atoms with Crippen molar-refractivity contribution in [1.82, 2.24) is 4.98 Å². The van der Waals surface area contributed by atoms with Gasteiger partial charge in [0.2, 0.25) is 0 Å². The largest absolute Gasteiger partial charge is 0.488 e. The molecule has 0 saturated heterocycles. The molecule has 0 saturated carbocycles. The normalized spacial score (nSPS) is 12.1. The van der Waals surface area contributed by atoms with Crippen LogP contribution < -0.4 is 4.74 Å². The van der Waals surface area contributed by atoms with Crippen molar-refractivity contribution < 1.29 is 27.4 Å². The molecule has 0 unspecified atom stereocenters. The Morgan fingerprint density at radius 1 is 1.06 bits per heavy atom. The third-order valence-electron chi connectivity index (χ3n) is 5.07. The van der Waals surface area contributed by atoms with Gasteiger partial charge in [-0.2, -0.15) is 13.2 Å². The molecule has 0 radical (unpaired) electrons. The molecule has 0 N–H and O–H groups in total. The first kappa shape index (κ1) is 23.9. The minimum Gasteiger partial charge on any atom is -0.488 e. The molecule has 0 aliphatic carbocycles. The minimum atomic E-state index is -4.36. The zero-order valence-electron chi connectivity index (χ0n) is 18.2. The van der Waals surface area contributed by atoms with Crippen molar-refractivity contribution in [2.75, 3.05) is 0 Å². The average Bonchev–Trinajstić information content (AvgIpc) is 3.11. The molecule has 0 atom stereocenters. The summed E-state index contributed by atoms with van der Waals surface area (Å²) in [5.41, 5.74) is 0.736. The number of hydrogen-bond acceptors (Lipinski definition) is 5. The van der Waals surface area contributed by atoms with Crippen LogP contribution in [-0.2, 0) is 28.9 Å². The lowest BCUT2D eigenvalue weighted by molar-refractivity contribution is -0.139. The van der Waals surface area contributed by atoms with Crippen LogP contribution in [0.3, 0.4) is 0 Å². The molecule has 170 valence electrons. The molecule has 3 aromatic rings. The molecule has 4 nitrogen and oxygen atoms in total. The molecular weight excluding hydrogens is 439 g/mol. The van der Waals surface area contributed by atoms with Crippen LogP contribution in [0.15, 0.2) is 48.5 Å². The maximum Gasteiger partial charge on any atom is 0.416 e. The summed E-state index contributed by atoms with van der Waals surface area (Å²) in [6.07, 6.45) is -4.36. The summed E-state index contributed by atoms with van der Waals surface area (Å²) in [5, 5.41) is 0.642. The highest BCUT2D eigenvalue weighted by atomic mass is 32.1. The second-order valence-electron chi connectivity index (χ2n) is 7.89. The number of carbonyl (C=O) groups excluding carboxylic acids is 1. The number of aryl methyl sites for hydroxylation is 1. The third kappa shape index (κ3) is 5.95. The molecule has 0 aliphatic heterocycles. The predicted molar refractivity (Wildman–Crippen MR) is 118 cm³/mol. The van der Waals surface area contributed by atoms with Gasteiger partial charge in [0.15, 0.2) is 5.78 Å². The molecule has 0 spiro atoms. The van der Waals surface area contributed by atoms with Crippen LogP contribution in [0.1, 0.15) is 42.5 Å². The summed E-state index contributed by atoms with van der Waals surface area (Å²) >= 11 is 1.39. The Morgan fingerprint density at radius 2 is 1.75 bits per heavy atom. The smallest absolute Gasteiger partial charge is 0.416 e. The van der Waals surface area contributed by atoms with Crippen molar-refractivity contribution in [1.29, 1.82) is 0 Å². The molecule has 0 amide bonds. The van der Waals surface area contributed by atoms with Gasteiger partial charge in [-0.05, 0) is 57.5 Å². The summed E-state index contributed by atoms with van der Waals surface area (Å²) in [4.78, 5) is 17.0. The lowest BCUT2D eigenvalue weighted by Crippen LogP contribution is -2.32. The van der Waals surface area contributed by atoms with Gasteiger partial charge >= 0.3 is 6.18 Å². The molecule has 0 fully saturated rings. The Balaban J connectivity index is 1.66. The highest BCUT2D eigenvalue weighted by Crippen LogP contribution is 2.33. The average molecular weight is 464 g/mol. The number of aromatic nitrogens is 1. The Labute approximate surface area is 189 Å². The van der Waals surface area contributed by atoms with Gasteiger partial charge in [0.05, 0.1) is 22.7 Å². The second-order valence-corrected chi connectivity index (χ2v) is 8.98. The van der Waals surface area contributed by atoms with Crippen molar-refractivity contribution in [2.24, 2.45) is 0 Å². The quantitative estimate of drug-likeness (QED) is 0.378. The van der Waals surface area contributed by atoms with Crippen LogP contribution in [-0.4, -0.2) is 16.4 Å². The molecule has 3 rings (SSSR count). The SMILES string of the molecule is CC(=O)C(C)(C)OCc1cccc(OCc2sc(-c3ccc(C(F)(F)F)cc3)nc2C)c1. The van der Waals surface area contributed by atoms with Crippen molar-refractivity contribution in [3.63, 3.8) is 0 Å². The molecule has 0 aliphatic rings.